The second kappa shape index (κ2) is 6.73. The van der Waals surface area contributed by atoms with Crippen molar-refractivity contribution in [3.63, 3.8) is 0 Å². The van der Waals surface area contributed by atoms with Crippen LogP contribution in [0.3, 0.4) is 0 Å². The predicted molar refractivity (Wildman–Crippen MR) is 77.0 cm³/mol. The summed E-state index contributed by atoms with van der Waals surface area (Å²) in [5, 5.41) is 7.54. The van der Waals surface area contributed by atoms with Gasteiger partial charge in [0, 0.05) is 18.3 Å². The molecule has 0 aromatic carbocycles. The van der Waals surface area contributed by atoms with E-state index in [-0.39, 0.29) is 0 Å². The fourth-order valence-electron chi connectivity index (χ4n) is 2.26. The molecule has 5 heteroatoms. The molecule has 1 saturated carbocycles. The van der Waals surface area contributed by atoms with Gasteiger partial charge in [-0.15, -0.1) is 0 Å². The first-order valence-electron chi connectivity index (χ1n) is 6.34. The Balaban J connectivity index is 1.76. The molecule has 18 heavy (non-hydrogen) atoms. The van der Waals surface area contributed by atoms with Gasteiger partial charge in [-0.1, -0.05) is 0 Å². The Kier molecular flexibility index (Phi) is 4.99. The van der Waals surface area contributed by atoms with Gasteiger partial charge in [0.2, 0.25) is 0 Å². The Bertz CT molecular complexity index is 378. The molecule has 2 rings (SSSR count). The van der Waals surface area contributed by atoms with Gasteiger partial charge in [-0.05, 0) is 37.7 Å². The van der Waals surface area contributed by atoms with Gasteiger partial charge in [-0.2, -0.15) is 11.8 Å². The van der Waals surface area contributed by atoms with Crippen molar-refractivity contribution in [2.75, 3.05) is 13.3 Å². The molecule has 0 saturated heterocycles. The minimum absolute atomic E-state index is 0.547. The van der Waals surface area contributed by atoms with Crippen LogP contribution in [0.5, 0.6) is 0 Å². The highest BCUT2D eigenvalue weighted by atomic mass is 32.2. The van der Waals surface area contributed by atoms with E-state index in [4.69, 9.17) is 4.42 Å². The number of hydrogen-bond acceptors (Lipinski definition) is 3. The average molecular weight is 267 g/mol. The van der Waals surface area contributed by atoms with Gasteiger partial charge in [0.05, 0.1) is 12.8 Å². The molecule has 0 bridgehead atoms. The van der Waals surface area contributed by atoms with E-state index in [9.17, 15) is 0 Å². The lowest BCUT2D eigenvalue weighted by atomic mass is 10.2. The van der Waals surface area contributed by atoms with Crippen LogP contribution < -0.4 is 10.6 Å². The minimum atomic E-state index is 0.547. The monoisotopic (exact) mass is 267 g/mol. The van der Waals surface area contributed by atoms with Gasteiger partial charge in [-0.3, -0.25) is 4.99 Å². The quantitative estimate of drug-likeness (QED) is 0.649. The van der Waals surface area contributed by atoms with Crippen LogP contribution in [0.2, 0.25) is 0 Å². The third-order valence-corrected chi connectivity index (χ3v) is 4.39. The fourth-order valence-corrected chi connectivity index (χ4v) is 3.05. The van der Waals surface area contributed by atoms with E-state index in [0.717, 1.165) is 17.0 Å². The van der Waals surface area contributed by atoms with E-state index in [0.29, 0.717) is 12.6 Å². The van der Waals surface area contributed by atoms with Crippen molar-refractivity contribution in [2.45, 2.75) is 37.1 Å². The summed E-state index contributed by atoms with van der Waals surface area (Å²) >= 11 is 1.97. The van der Waals surface area contributed by atoms with Crippen molar-refractivity contribution >= 4 is 17.7 Å². The minimum Gasteiger partial charge on any atom is -0.467 e. The summed E-state index contributed by atoms with van der Waals surface area (Å²) < 4.78 is 5.28. The molecular formula is C13H21N3OS. The van der Waals surface area contributed by atoms with Crippen LogP contribution in [-0.2, 0) is 6.54 Å². The summed E-state index contributed by atoms with van der Waals surface area (Å²) in [6.45, 7) is 0.672. The van der Waals surface area contributed by atoms with Crippen LogP contribution in [0.15, 0.2) is 27.8 Å². The summed E-state index contributed by atoms with van der Waals surface area (Å²) in [6, 6.07) is 4.40. The van der Waals surface area contributed by atoms with E-state index >= 15 is 0 Å². The van der Waals surface area contributed by atoms with Gasteiger partial charge >= 0.3 is 0 Å². The van der Waals surface area contributed by atoms with Crippen LogP contribution in [0.1, 0.15) is 25.0 Å². The highest BCUT2D eigenvalue weighted by Gasteiger charge is 2.24. The standard InChI is InChI=1S/C13H21N3OS/c1-14-13(15-9-11-4-3-7-17-11)16-10-5-6-12(8-10)18-2/h3-4,7,10,12H,5-6,8-9H2,1-2H3,(H2,14,15,16). The number of aliphatic imine (C=N–C) groups is 1. The van der Waals surface area contributed by atoms with Crippen LogP contribution in [0.4, 0.5) is 0 Å². The number of furan rings is 1. The van der Waals surface area contributed by atoms with Crippen molar-refractivity contribution in [3.05, 3.63) is 24.2 Å². The number of guanidine groups is 1. The molecular weight excluding hydrogens is 246 g/mol. The number of nitrogens with zero attached hydrogens (tertiary/aromatic N) is 1. The molecule has 1 heterocycles. The fraction of sp³-hybridized carbons (Fsp3) is 0.615. The Labute approximate surface area is 113 Å². The van der Waals surface area contributed by atoms with E-state index in [1.54, 1.807) is 13.3 Å². The van der Waals surface area contributed by atoms with Crippen molar-refractivity contribution in [3.8, 4) is 0 Å². The average Bonchev–Trinajstić information content (AvgIpc) is 3.05. The number of hydrogen-bond donors (Lipinski definition) is 2. The molecule has 1 fully saturated rings. The van der Waals surface area contributed by atoms with Crippen molar-refractivity contribution in [1.29, 1.82) is 0 Å². The maximum Gasteiger partial charge on any atom is 0.191 e. The molecule has 1 aliphatic carbocycles. The smallest absolute Gasteiger partial charge is 0.191 e. The van der Waals surface area contributed by atoms with E-state index < -0.39 is 0 Å². The molecule has 1 aromatic rings. The Morgan fingerprint density at radius 1 is 1.56 bits per heavy atom. The molecule has 1 aliphatic rings. The lowest BCUT2D eigenvalue weighted by Gasteiger charge is -2.16. The molecule has 1 aromatic heterocycles. The molecule has 0 aliphatic heterocycles. The maximum atomic E-state index is 5.28. The second-order valence-electron chi connectivity index (χ2n) is 4.52. The largest absolute Gasteiger partial charge is 0.467 e. The molecule has 100 valence electrons. The summed E-state index contributed by atoms with van der Waals surface area (Å²) in [5.74, 6) is 1.78. The van der Waals surface area contributed by atoms with Gasteiger partial charge < -0.3 is 15.1 Å². The lowest BCUT2D eigenvalue weighted by Crippen LogP contribution is -2.42. The molecule has 2 unspecified atom stereocenters. The Hall–Kier alpha value is -1.10. The molecule has 0 radical (unpaired) electrons. The SMILES string of the molecule is CN=C(NCc1ccco1)NC1CCC(SC)C1. The van der Waals surface area contributed by atoms with Crippen molar-refractivity contribution in [1.82, 2.24) is 10.6 Å². The van der Waals surface area contributed by atoms with Gasteiger partial charge in [0.1, 0.15) is 5.76 Å². The Morgan fingerprint density at radius 2 is 2.44 bits per heavy atom. The zero-order valence-electron chi connectivity index (χ0n) is 11.0. The van der Waals surface area contributed by atoms with Gasteiger partial charge in [-0.25, -0.2) is 0 Å². The molecule has 4 nitrogen and oxygen atoms in total. The van der Waals surface area contributed by atoms with E-state index in [1.165, 1.54) is 19.3 Å². The first-order valence-corrected chi connectivity index (χ1v) is 7.63. The number of rotatable bonds is 4. The Morgan fingerprint density at radius 3 is 3.06 bits per heavy atom. The van der Waals surface area contributed by atoms with Crippen LogP contribution in [0.25, 0.3) is 0 Å². The molecule has 2 N–H and O–H groups in total. The number of thioether (sulfide) groups is 1. The summed E-state index contributed by atoms with van der Waals surface area (Å²) in [4.78, 5) is 4.25. The normalized spacial score (nSPS) is 24.2. The summed E-state index contributed by atoms with van der Waals surface area (Å²) in [5.41, 5.74) is 0. The highest BCUT2D eigenvalue weighted by molar-refractivity contribution is 7.99. The highest BCUT2D eigenvalue weighted by Crippen LogP contribution is 2.27. The first-order chi connectivity index (χ1) is 8.81. The molecule has 0 spiro atoms. The summed E-state index contributed by atoms with van der Waals surface area (Å²) in [6.07, 6.45) is 7.63. The predicted octanol–water partition coefficient (Wildman–Crippen LogP) is 2.23. The van der Waals surface area contributed by atoms with E-state index in [1.807, 2.05) is 23.9 Å². The van der Waals surface area contributed by atoms with Crippen molar-refractivity contribution in [2.24, 2.45) is 4.99 Å². The van der Waals surface area contributed by atoms with Crippen LogP contribution in [-0.4, -0.2) is 30.6 Å². The first kappa shape index (κ1) is 13.3. The van der Waals surface area contributed by atoms with Gasteiger partial charge in [0.25, 0.3) is 0 Å². The second-order valence-corrected chi connectivity index (χ2v) is 5.66. The zero-order chi connectivity index (χ0) is 12.8. The lowest BCUT2D eigenvalue weighted by molar-refractivity contribution is 0.499. The zero-order valence-corrected chi connectivity index (χ0v) is 11.8. The van der Waals surface area contributed by atoms with Crippen LogP contribution >= 0.6 is 11.8 Å². The topological polar surface area (TPSA) is 49.6 Å². The van der Waals surface area contributed by atoms with E-state index in [2.05, 4.69) is 21.9 Å². The number of nitrogens with one attached hydrogen (secondary N) is 2. The molecule has 0 amide bonds. The van der Waals surface area contributed by atoms with Crippen molar-refractivity contribution < 1.29 is 4.42 Å². The van der Waals surface area contributed by atoms with Crippen LogP contribution in [0, 0.1) is 0 Å². The maximum absolute atomic E-state index is 5.28. The third-order valence-electron chi connectivity index (χ3n) is 3.29. The molecule has 2 atom stereocenters. The van der Waals surface area contributed by atoms with Gasteiger partial charge in [0.15, 0.2) is 5.96 Å². The third kappa shape index (κ3) is 3.70. The summed E-state index contributed by atoms with van der Waals surface area (Å²) in [7, 11) is 1.80.